The van der Waals surface area contributed by atoms with Crippen molar-refractivity contribution in [2.75, 3.05) is 12.4 Å². The third-order valence-electron chi connectivity index (χ3n) is 3.71. The molecule has 0 aliphatic carbocycles. The van der Waals surface area contributed by atoms with Gasteiger partial charge in [0.25, 0.3) is 0 Å². The molecule has 0 bridgehead atoms. The molecule has 130 valence electrons. The Kier molecular flexibility index (Phi) is 6.28. The van der Waals surface area contributed by atoms with E-state index in [1.54, 1.807) is 36.4 Å². The molecule has 0 heterocycles. The fourth-order valence-electron chi connectivity index (χ4n) is 2.30. The average molecular weight is 340 g/mol. The first kappa shape index (κ1) is 18.2. The molecule has 2 amide bonds. The van der Waals surface area contributed by atoms with Gasteiger partial charge < -0.3 is 15.4 Å². The lowest BCUT2D eigenvalue weighted by Crippen LogP contribution is -2.38. The Labute approximate surface area is 146 Å². The van der Waals surface area contributed by atoms with Crippen molar-refractivity contribution in [1.29, 1.82) is 0 Å². The number of rotatable bonds is 5. The van der Waals surface area contributed by atoms with E-state index in [0.717, 1.165) is 5.56 Å². The number of ether oxygens (including phenoxy) is 1. The van der Waals surface area contributed by atoms with Crippen molar-refractivity contribution in [2.45, 2.75) is 19.4 Å². The highest BCUT2D eigenvalue weighted by molar-refractivity contribution is 6.39. The lowest BCUT2D eigenvalue weighted by molar-refractivity contribution is -0.142. The topological polar surface area (TPSA) is 84.5 Å². The minimum atomic E-state index is -0.819. The number of benzene rings is 2. The van der Waals surface area contributed by atoms with Gasteiger partial charge in [-0.1, -0.05) is 48.5 Å². The quantitative estimate of drug-likeness (QED) is 0.646. The van der Waals surface area contributed by atoms with Gasteiger partial charge >= 0.3 is 17.8 Å². The van der Waals surface area contributed by atoms with E-state index in [2.05, 4.69) is 15.4 Å². The van der Waals surface area contributed by atoms with Crippen LogP contribution in [-0.4, -0.2) is 24.9 Å². The molecule has 6 heteroatoms. The first-order chi connectivity index (χ1) is 12.0. The molecule has 6 nitrogen and oxygen atoms in total. The summed E-state index contributed by atoms with van der Waals surface area (Å²) >= 11 is 0. The number of carbonyl (C=O) groups is 3. The maximum absolute atomic E-state index is 12.2. The van der Waals surface area contributed by atoms with Crippen LogP contribution in [0.4, 0.5) is 5.69 Å². The molecule has 25 heavy (non-hydrogen) atoms. The Morgan fingerprint density at radius 1 is 0.960 bits per heavy atom. The zero-order chi connectivity index (χ0) is 18.2. The summed E-state index contributed by atoms with van der Waals surface area (Å²) in [7, 11) is 1.27. The Balaban J connectivity index is 2.09. The lowest BCUT2D eigenvalue weighted by Gasteiger charge is -2.18. The first-order valence-electron chi connectivity index (χ1n) is 7.80. The number of methoxy groups -OCH3 is 1. The van der Waals surface area contributed by atoms with E-state index in [-0.39, 0.29) is 6.42 Å². The van der Waals surface area contributed by atoms with Crippen molar-refractivity contribution in [2.24, 2.45) is 0 Å². The highest BCUT2D eigenvalue weighted by Crippen LogP contribution is 2.17. The molecule has 2 N–H and O–H groups in total. The highest BCUT2D eigenvalue weighted by atomic mass is 16.5. The van der Waals surface area contributed by atoms with Gasteiger partial charge in [0, 0.05) is 5.69 Å². The molecule has 2 aromatic rings. The number of anilines is 1. The van der Waals surface area contributed by atoms with Crippen LogP contribution in [-0.2, 0) is 19.1 Å². The first-order valence-corrected chi connectivity index (χ1v) is 7.80. The SMILES string of the molecule is COC(=O)C[C@@H](NC(=O)C(=O)Nc1ccccc1C)c1ccccc1. The summed E-state index contributed by atoms with van der Waals surface area (Å²) in [4.78, 5) is 36.0. The van der Waals surface area contributed by atoms with Crippen LogP contribution in [0.15, 0.2) is 54.6 Å². The average Bonchev–Trinajstić information content (AvgIpc) is 2.63. The van der Waals surface area contributed by atoms with Crippen molar-refractivity contribution >= 4 is 23.5 Å². The van der Waals surface area contributed by atoms with Crippen LogP contribution in [0.25, 0.3) is 0 Å². The Morgan fingerprint density at radius 3 is 2.24 bits per heavy atom. The predicted molar refractivity (Wildman–Crippen MR) is 93.8 cm³/mol. The lowest BCUT2D eigenvalue weighted by atomic mass is 10.0. The van der Waals surface area contributed by atoms with E-state index in [1.807, 2.05) is 25.1 Å². The summed E-state index contributed by atoms with van der Waals surface area (Å²) in [5.41, 5.74) is 2.12. The minimum absolute atomic E-state index is 0.0656. The van der Waals surface area contributed by atoms with Crippen LogP contribution in [0.5, 0.6) is 0 Å². The van der Waals surface area contributed by atoms with Crippen molar-refractivity contribution < 1.29 is 19.1 Å². The molecule has 0 aliphatic rings. The molecule has 0 aliphatic heterocycles. The van der Waals surface area contributed by atoms with Gasteiger partial charge in [0.2, 0.25) is 0 Å². The molecular formula is C19H20N2O4. The smallest absolute Gasteiger partial charge is 0.313 e. The molecular weight excluding hydrogens is 320 g/mol. The van der Waals surface area contributed by atoms with Crippen LogP contribution in [0.2, 0.25) is 0 Å². The molecule has 0 unspecified atom stereocenters. The second-order valence-electron chi connectivity index (χ2n) is 5.49. The zero-order valence-corrected chi connectivity index (χ0v) is 14.1. The largest absolute Gasteiger partial charge is 0.469 e. The highest BCUT2D eigenvalue weighted by Gasteiger charge is 2.23. The van der Waals surface area contributed by atoms with Crippen molar-refractivity contribution in [3.63, 3.8) is 0 Å². The third kappa shape index (κ3) is 5.17. The standard InChI is InChI=1S/C19H20N2O4/c1-13-8-6-7-11-15(13)20-18(23)19(24)21-16(12-17(22)25-2)14-9-4-3-5-10-14/h3-11,16H,12H2,1-2H3,(H,20,23)(H,21,24)/t16-/m1/s1. The number of para-hydroxylation sites is 1. The number of amides is 2. The van der Waals surface area contributed by atoms with Crippen molar-refractivity contribution in [3.05, 3.63) is 65.7 Å². The summed E-state index contributed by atoms with van der Waals surface area (Å²) in [6.07, 6.45) is -0.0656. The molecule has 0 fully saturated rings. The van der Waals surface area contributed by atoms with E-state index in [9.17, 15) is 14.4 Å². The van der Waals surface area contributed by atoms with Crippen LogP contribution in [0.1, 0.15) is 23.6 Å². The molecule has 0 radical (unpaired) electrons. The fraction of sp³-hybridized carbons (Fsp3) is 0.211. The van der Waals surface area contributed by atoms with E-state index < -0.39 is 23.8 Å². The van der Waals surface area contributed by atoms with E-state index in [4.69, 9.17) is 0 Å². The molecule has 2 rings (SSSR count). The van der Waals surface area contributed by atoms with Gasteiger partial charge in [-0.3, -0.25) is 14.4 Å². The zero-order valence-electron chi connectivity index (χ0n) is 14.1. The molecule has 0 saturated heterocycles. The normalized spacial score (nSPS) is 11.3. The monoisotopic (exact) mass is 340 g/mol. The Bertz CT molecular complexity index is 759. The van der Waals surface area contributed by atoms with Crippen LogP contribution in [0.3, 0.4) is 0 Å². The summed E-state index contributed by atoms with van der Waals surface area (Å²) in [6, 6.07) is 15.5. The van der Waals surface area contributed by atoms with Gasteiger partial charge in [-0.2, -0.15) is 0 Å². The van der Waals surface area contributed by atoms with Gasteiger partial charge in [0.15, 0.2) is 0 Å². The van der Waals surface area contributed by atoms with Crippen molar-refractivity contribution in [3.8, 4) is 0 Å². The maximum atomic E-state index is 12.2. The fourth-order valence-corrected chi connectivity index (χ4v) is 2.30. The van der Waals surface area contributed by atoms with Crippen LogP contribution < -0.4 is 10.6 Å². The van der Waals surface area contributed by atoms with Crippen LogP contribution >= 0.6 is 0 Å². The maximum Gasteiger partial charge on any atom is 0.313 e. The molecule has 2 aromatic carbocycles. The van der Waals surface area contributed by atoms with Gasteiger partial charge in [0.05, 0.1) is 19.6 Å². The summed E-state index contributed by atoms with van der Waals surface area (Å²) in [5.74, 6) is -2.09. The van der Waals surface area contributed by atoms with E-state index >= 15 is 0 Å². The second-order valence-corrected chi connectivity index (χ2v) is 5.49. The van der Waals surface area contributed by atoms with Crippen molar-refractivity contribution in [1.82, 2.24) is 5.32 Å². The second kappa shape index (κ2) is 8.63. The van der Waals surface area contributed by atoms with Crippen LogP contribution in [0, 0.1) is 6.92 Å². The number of carbonyl (C=O) groups excluding carboxylic acids is 3. The summed E-state index contributed by atoms with van der Waals surface area (Å²) in [5, 5.41) is 5.15. The molecule has 0 saturated carbocycles. The number of nitrogens with one attached hydrogen (secondary N) is 2. The Morgan fingerprint density at radius 2 is 1.60 bits per heavy atom. The number of hydrogen-bond acceptors (Lipinski definition) is 4. The molecule has 1 atom stereocenters. The number of esters is 1. The van der Waals surface area contributed by atoms with Gasteiger partial charge in [0.1, 0.15) is 0 Å². The summed E-state index contributed by atoms with van der Waals surface area (Å²) in [6.45, 7) is 1.83. The Hall–Kier alpha value is -3.15. The molecule has 0 spiro atoms. The summed E-state index contributed by atoms with van der Waals surface area (Å²) < 4.78 is 4.66. The van der Waals surface area contributed by atoms with Gasteiger partial charge in [-0.15, -0.1) is 0 Å². The minimum Gasteiger partial charge on any atom is -0.469 e. The number of aryl methyl sites for hydroxylation is 1. The third-order valence-corrected chi connectivity index (χ3v) is 3.71. The molecule has 0 aromatic heterocycles. The predicted octanol–water partition coefficient (Wildman–Crippen LogP) is 2.35. The van der Waals surface area contributed by atoms with Gasteiger partial charge in [-0.25, -0.2) is 0 Å². The van der Waals surface area contributed by atoms with Gasteiger partial charge in [-0.05, 0) is 24.1 Å². The number of hydrogen-bond donors (Lipinski definition) is 2. The van der Waals surface area contributed by atoms with E-state index in [1.165, 1.54) is 7.11 Å². The van der Waals surface area contributed by atoms with E-state index in [0.29, 0.717) is 11.3 Å².